The molecule has 2 rings (SSSR count). The predicted octanol–water partition coefficient (Wildman–Crippen LogP) is 2.89. The molecule has 0 bridgehead atoms. The van der Waals surface area contributed by atoms with Gasteiger partial charge in [-0.1, -0.05) is 90.4 Å². The van der Waals surface area contributed by atoms with Crippen LogP contribution in [0.2, 0.25) is 0 Å². The number of phosphoric acid groups is 1. The number of ether oxygens (including phenoxy) is 2. The van der Waals surface area contributed by atoms with E-state index in [1.54, 1.807) is 0 Å². The van der Waals surface area contributed by atoms with Gasteiger partial charge in [-0.05, 0) is 6.42 Å². The predicted molar refractivity (Wildman–Crippen MR) is 152 cm³/mol. The molecule has 1 saturated heterocycles. The molecule has 14 heteroatoms. The van der Waals surface area contributed by atoms with Crippen molar-refractivity contribution < 1.29 is 38.3 Å². The summed E-state index contributed by atoms with van der Waals surface area (Å²) < 4.78 is 28.5. The van der Waals surface area contributed by atoms with Gasteiger partial charge >= 0.3 is 13.5 Å². The molecular weight excluding hydrogens is 557 g/mol. The van der Waals surface area contributed by atoms with Crippen molar-refractivity contribution in [3.8, 4) is 0 Å². The summed E-state index contributed by atoms with van der Waals surface area (Å²) in [7, 11) is -5.05. The summed E-state index contributed by atoms with van der Waals surface area (Å²) in [5.41, 5.74) is -1.53. The highest BCUT2D eigenvalue weighted by molar-refractivity contribution is 7.46. The molecular formula is C27H48N3O10P. The largest absolute Gasteiger partial charge is 0.470 e. The maximum atomic E-state index is 12.4. The third-order valence-electron chi connectivity index (χ3n) is 7.11. The molecule has 0 unspecified atom stereocenters. The van der Waals surface area contributed by atoms with E-state index in [4.69, 9.17) is 14.0 Å². The first-order valence-electron chi connectivity index (χ1n) is 14.9. The standard InChI is InChI=1S/C27H48N3O10P/c1-2-3-4-5-6-7-8-9-10-11-12-13-14-15-17-28-23(33)20-38-25-24(40-41(35,36)37)21(19-31)39-26(25)30-18-16-22(32)29-27(30)34/h16,18,21,24-26,31H,2-15,17,19-20H2,1H3,(H,28,33)(H,29,32,34)(H2,35,36,37)/t21-,24-,25-,26-/m1/s1. The van der Waals surface area contributed by atoms with E-state index in [2.05, 4.69) is 12.2 Å². The zero-order valence-corrected chi connectivity index (χ0v) is 25.0. The summed E-state index contributed by atoms with van der Waals surface area (Å²) >= 11 is 0. The molecule has 0 radical (unpaired) electrons. The Morgan fingerprint density at radius 2 is 1.54 bits per heavy atom. The lowest BCUT2D eigenvalue weighted by atomic mass is 10.0. The molecule has 1 fully saturated rings. The van der Waals surface area contributed by atoms with Gasteiger partial charge in [0.25, 0.3) is 5.56 Å². The number of amides is 1. The van der Waals surface area contributed by atoms with Crippen LogP contribution < -0.4 is 16.6 Å². The van der Waals surface area contributed by atoms with Crippen LogP contribution in [0, 0.1) is 0 Å². The number of rotatable bonds is 22. The molecule has 41 heavy (non-hydrogen) atoms. The number of phosphoric ester groups is 1. The highest BCUT2D eigenvalue weighted by Gasteiger charge is 2.50. The quantitative estimate of drug-likeness (QED) is 0.0971. The van der Waals surface area contributed by atoms with Crippen LogP contribution in [0.3, 0.4) is 0 Å². The number of hydrogen-bond donors (Lipinski definition) is 5. The molecule has 4 atom stereocenters. The third kappa shape index (κ3) is 13.8. The van der Waals surface area contributed by atoms with Crippen molar-refractivity contribution in [3.63, 3.8) is 0 Å². The average Bonchev–Trinajstić information content (AvgIpc) is 3.24. The van der Waals surface area contributed by atoms with Crippen molar-refractivity contribution in [2.75, 3.05) is 19.8 Å². The van der Waals surface area contributed by atoms with Crippen LogP contribution in [0.15, 0.2) is 21.9 Å². The Labute approximate surface area is 241 Å². The number of aromatic amines is 1. The van der Waals surface area contributed by atoms with Crippen LogP contribution in [-0.4, -0.2) is 68.4 Å². The molecule has 0 aliphatic carbocycles. The number of aliphatic hydroxyl groups excluding tert-OH is 1. The maximum Gasteiger partial charge on any atom is 0.470 e. The van der Waals surface area contributed by atoms with Crippen molar-refractivity contribution >= 4 is 13.7 Å². The summed E-state index contributed by atoms with van der Waals surface area (Å²) in [5.74, 6) is -0.463. The Kier molecular flexibility index (Phi) is 16.7. The van der Waals surface area contributed by atoms with Crippen molar-refractivity contribution in [1.29, 1.82) is 0 Å². The molecule has 0 aromatic carbocycles. The number of unbranched alkanes of at least 4 members (excludes halogenated alkanes) is 13. The summed E-state index contributed by atoms with van der Waals surface area (Å²) in [6.07, 6.45) is 12.9. The van der Waals surface area contributed by atoms with E-state index in [0.717, 1.165) is 36.1 Å². The zero-order valence-electron chi connectivity index (χ0n) is 24.1. The van der Waals surface area contributed by atoms with Crippen LogP contribution in [0.1, 0.15) is 103 Å². The van der Waals surface area contributed by atoms with Gasteiger partial charge in [0, 0.05) is 18.8 Å². The van der Waals surface area contributed by atoms with E-state index in [9.17, 15) is 33.8 Å². The first kappa shape index (κ1) is 35.3. The summed E-state index contributed by atoms with van der Waals surface area (Å²) in [6.45, 7) is 1.48. The van der Waals surface area contributed by atoms with Gasteiger partial charge in [-0.2, -0.15) is 0 Å². The number of hydrogen-bond acceptors (Lipinski definition) is 8. The highest BCUT2D eigenvalue weighted by atomic mass is 31.2. The minimum Gasteiger partial charge on any atom is -0.394 e. The van der Waals surface area contributed by atoms with E-state index >= 15 is 0 Å². The molecule has 1 amide bonds. The number of aromatic nitrogens is 2. The van der Waals surface area contributed by atoms with E-state index in [0.29, 0.717) is 6.54 Å². The molecule has 1 aromatic rings. The summed E-state index contributed by atoms with van der Waals surface area (Å²) in [6, 6.07) is 1.05. The lowest BCUT2D eigenvalue weighted by Crippen LogP contribution is -2.42. The third-order valence-corrected chi connectivity index (χ3v) is 7.63. The Bertz CT molecular complexity index is 1040. The fourth-order valence-corrected chi connectivity index (χ4v) is 5.51. The highest BCUT2D eigenvalue weighted by Crippen LogP contribution is 2.44. The molecule has 5 N–H and O–H groups in total. The fourth-order valence-electron chi connectivity index (χ4n) is 4.94. The lowest BCUT2D eigenvalue weighted by Gasteiger charge is -2.24. The lowest BCUT2D eigenvalue weighted by molar-refractivity contribution is -0.132. The van der Waals surface area contributed by atoms with Gasteiger partial charge in [-0.25, -0.2) is 9.36 Å². The van der Waals surface area contributed by atoms with Gasteiger partial charge in [0.1, 0.15) is 24.9 Å². The number of aliphatic hydroxyl groups is 1. The van der Waals surface area contributed by atoms with Crippen LogP contribution >= 0.6 is 7.82 Å². The van der Waals surface area contributed by atoms with Crippen LogP contribution in [0.25, 0.3) is 0 Å². The Hall–Kier alpha value is -1.86. The number of H-pyrrole nitrogens is 1. The van der Waals surface area contributed by atoms with E-state index < -0.39 is 62.7 Å². The molecule has 1 aliphatic heterocycles. The van der Waals surface area contributed by atoms with Gasteiger partial charge in [0.05, 0.1) is 6.61 Å². The second kappa shape index (κ2) is 19.4. The molecule has 0 spiro atoms. The summed E-state index contributed by atoms with van der Waals surface area (Å²) in [4.78, 5) is 56.9. The van der Waals surface area contributed by atoms with Crippen molar-refractivity contribution in [1.82, 2.24) is 14.9 Å². The van der Waals surface area contributed by atoms with E-state index in [1.165, 1.54) is 70.6 Å². The first-order chi connectivity index (χ1) is 19.7. The maximum absolute atomic E-state index is 12.4. The molecule has 1 aliphatic rings. The van der Waals surface area contributed by atoms with Crippen molar-refractivity contribution in [3.05, 3.63) is 33.1 Å². The van der Waals surface area contributed by atoms with E-state index in [1.807, 2.05) is 4.98 Å². The normalized spacial score (nSPS) is 20.9. The second-order valence-corrected chi connectivity index (χ2v) is 11.7. The Morgan fingerprint density at radius 1 is 0.976 bits per heavy atom. The number of carbonyl (C=O) groups excluding carboxylic acids is 1. The number of nitrogens with one attached hydrogen (secondary N) is 2. The zero-order chi connectivity index (χ0) is 30.1. The van der Waals surface area contributed by atoms with E-state index in [-0.39, 0.29) is 0 Å². The van der Waals surface area contributed by atoms with Gasteiger partial charge in [0.2, 0.25) is 5.91 Å². The van der Waals surface area contributed by atoms with Gasteiger partial charge < -0.3 is 29.7 Å². The monoisotopic (exact) mass is 605 g/mol. The van der Waals surface area contributed by atoms with Gasteiger partial charge in [-0.15, -0.1) is 0 Å². The molecule has 236 valence electrons. The number of carbonyl (C=O) groups is 1. The van der Waals surface area contributed by atoms with Crippen molar-refractivity contribution in [2.45, 2.75) is 121 Å². The SMILES string of the molecule is CCCCCCCCCCCCCCCCNC(=O)CO[C@@H]1[C@H](OP(=O)(O)O)[C@@H](CO)O[C@H]1n1ccc(=O)[nH]c1=O. The fraction of sp³-hybridized carbons (Fsp3) is 0.815. The summed E-state index contributed by atoms with van der Waals surface area (Å²) in [5, 5.41) is 12.4. The molecule has 0 saturated carbocycles. The first-order valence-corrected chi connectivity index (χ1v) is 16.4. The average molecular weight is 606 g/mol. The van der Waals surface area contributed by atoms with Crippen LogP contribution in [-0.2, 0) is 23.4 Å². The Balaban J connectivity index is 1.70. The van der Waals surface area contributed by atoms with Crippen molar-refractivity contribution in [2.24, 2.45) is 0 Å². The molecule has 2 heterocycles. The minimum absolute atomic E-state index is 0.450. The van der Waals surface area contributed by atoms with Gasteiger partial charge in [-0.3, -0.25) is 23.7 Å². The smallest absolute Gasteiger partial charge is 0.394 e. The molecule has 13 nitrogen and oxygen atoms in total. The number of nitrogens with zero attached hydrogens (tertiary/aromatic N) is 1. The topological polar surface area (TPSA) is 189 Å². The molecule has 1 aromatic heterocycles. The van der Waals surface area contributed by atoms with Crippen LogP contribution in [0.5, 0.6) is 0 Å². The van der Waals surface area contributed by atoms with Crippen LogP contribution in [0.4, 0.5) is 0 Å². The Morgan fingerprint density at radius 3 is 2.05 bits per heavy atom. The second-order valence-electron chi connectivity index (χ2n) is 10.5. The minimum atomic E-state index is -5.05. The van der Waals surface area contributed by atoms with Gasteiger partial charge in [0.15, 0.2) is 6.23 Å².